The second kappa shape index (κ2) is 5.11. The fourth-order valence-corrected chi connectivity index (χ4v) is 2.82. The highest BCUT2D eigenvalue weighted by Gasteiger charge is 2.30. The predicted octanol–water partition coefficient (Wildman–Crippen LogP) is 4.52. The molecule has 102 valence electrons. The minimum Gasteiger partial charge on any atom is -0.370 e. The van der Waals surface area contributed by atoms with Crippen molar-refractivity contribution in [2.45, 2.75) is 13.0 Å². The molecule has 3 rings (SSSR count). The SMILES string of the molecule is Cc1ccc(Cl)cc1NC1C(=O)Nc2cc(Br)ccc21. The van der Waals surface area contributed by atoms with Crippen molar-refractivity contribution in [3.63, 3.8) is 0 Å². The molecule has 2 aromatic rings. The van der Waals surface area contributed by atoms with Crippen molar-refractivity contribution in [2.75, 3.05) is 10.6 Å². The summed E-state index contributed by atoms with van der Waals surface area (Å²) in [6.45, 7) is 1.98. The predicted molar refractivity (Wildman–Crippen MR) is 85.3 cm³/mol. The van der Waals surface area contributed by atoms with Gasteiger partial charge in [-0.15, -0.1) is 0 Å². The molecule has 0 aromatic heterocycles. The number of fused-ring (bicyclic) bond motifs is 1. The van der Waals surface area contributed by atoms with E-state index >= 15 is 0 Å². The van der Waals surface area contributed by atoms with Crippen LogP contribution in [0.5, 0.6) is 0 Å². The fourth-order valence-electron chi connectivity index (χ4n) is 2.28. The summed E-state index contributed by atoms with van der Waals surface area (Å²) in [4.78, 5) is 12.1. The van der Waals surface area contributed by atoms with Gasteiger partial charge in [-0.05, 0) is 36.8 Å². The van der Waals surface area contributed by atoms with Gasteiger partial charge in [0.15, 0.2) is 0 Å². The summed E-state index contributed by atoms with van der Waals surface area (Å²) in [5.41, 5.74) is 3.69. The highest BCUT2D eigenvalue weighted by Crippen LogP contribution is 2.36. The first kappa shape index (κ1) is 13.5. The second-order valence-corrected chi connectivity index (χ2v) is 6.11. The number of nitrogens with one attached hydrogen (secondary N) is 2. The van der Waals surface area contributed by atoms with Gasteiger partial charge in [-0.3, -0.25) is 4.79 Å². The van der Waals surface area contributed by atoms with Crippen LogP contribution in [0.3, 0.4) is 0 Å². The number of anilines is 2. The lowest BCUT2D eigenvalue weighted by molar-refractivity contribution is -0.116. The first-order valence-corrected chi connectivity index (χ1v) is 7.35. The van der Waals surface area contributed by atoms with Crippen molar-refractivity contribution in [1.82, 2.24) is 0 Å². The van der Waals surface area contributed by atoms with Crippen LogP contribution in [-0.4, -0.2) is 5.91 Å². The number of amides is 1. The Bertz CT molecular complexity index is 702. The largest absolute Gasteiger partial charge is 0.370 e. The summed E-state index contributed by atoms with van der Waals surface area (Å²) in [6, 6.07) is 11.0. The molecule has 0 saturated heterocycles. The molecule has 0 aliphatic carbocycles. The summed E-state index contributed by atoms with van der Waals surface area (Å²) in [7, 11) is 0. The Morgan fingerprint density at radius 1 is 1.25 bits per heavy atom. The van der Waals surface area contributed by atoms with Crippen LogP contribution in [0.4, 0.5) is 11.4 Å². The minimum atomic E-state index is -0.393. The third-order valence-corrected chi connectivity index (χ3v) is 4.07. The van der Waals surface area contributed by atoms with Crippen LogP contribution in [-0.2, 0) is 4.79 Å². The standard InChI is InChI=1S/C15H12BrClN2O/c1-8-2-4-10(17)7-12(8)18-14-11-5-3-9(16)6-13(11)19-15(14)20/h2-7,14,18H,1H3,(H,19,20). The summed E-state index contributed by atoms with van der Waals surface area (Å²) >= 11 is 9.42. The molecule has 3 nitrogen and oxygen atoms in total. The van der Waals surface area contributed by atoms with E-state index in [4.69, 9.17) is 11.6 Å². The number of rotatable bonds is 2. The van der Waals surface area contributed by atoms with E-state index in [1.807, 2.05) is 43.3 Å². The number of carbonyl (C=O) groups is 1. The number of carbonyl (C=O) groups excluding carboxylic acids is 1. The first-order valence-electron chi connectivity index (χ1n) is 6.17. The molecule has 2 aromatic carbocycles. The molecule has 1 atom stereocenters. The van der Waals surface area contributed by atoms with Gasteiger partial charge in [0.05, 0.1) is 0 Å². The number of aryl methyl sites for hydroxylation is 1. The van der Waals surface area contributed by atoms with E-state index < -0.39 is 6.04 Å². The number of benzene rings is 2. The Balaban J connectivity index is 1.96. The summed E-state index contributed by atoms with van der Waals surface area (Å²) < 4.78 is 0.941. The summed E-state index contributed by atoms with van der Waals surface area (Å²) in [6.07, 6.45) is 0. The smallest absolute Gasteiger partial charge is 0.251 e. The van der Waals surface area contributed by atoms with Gasteiger partial charge < -0.3 is 10.6 Å². The molecule has 0 saturated carbocycles. The van der Waals surface area contributed by atoms with E-state index in [0.717, 1.165) is 27.0 Å². The van der Waals surface area contributed by atoms with Crippen LogP contribution in [0.25, 0.3) is 0 Å². The quantitative estimate of drug-likeness (QED) is 0.835. The third-order valence-electron chi connectivity index (χ3n) is 3.35. The minimum absolute atomic E-state index is 0.0579. The average molecular weight is 352 g/mol. The zero-order valence-electron chi connectivity index (χ0n) is 10.7. The summed E-state index contributed by atoms with van der Waals surface area (Å²) in [5, 5.41) is 6.79. The molecule has 1 aliphatic heterocycles. The van der Waals surface area contributed by atoms with Crippen LogP contribution in [0.1, 0.15) is 17.2 Å². The Kier molecular flexibility index (Phi) is 3.44. The average Bonchev–Trinajstić information content (AvgIpc) is 2.69. The second-order valence-electron chi connectivity index (χ2n) is 4.76. The van der Waals surface area contributed by atoms with Crippen LogP contribution in [0.15, 0.2) is 40.9 Å². The van der Waals surface area contributed by atoms with Crippen molar-refractivity contribution in [1.29, 1.82) is 0 Å². The number of halogens is 2. The highest BCUT2D eigenvalue weighted by atomic mass is 79.9. The van der Waals surface area contributed by atoms with Gasteiger partial charge >= 0.3 is 0 Å². The van der Waals surface area contributed by atoms with E-state index in [-0.39, 0.29) is 5.91 Å². The van der Waals surface area contributed by atoms with E-state index in [9.17, 15) is 4.79 Å². The van der Waals surface area contributed by atoms with Crippen LogP contribution >= 0.6 is 27.5 Å². The Morgan fingerprint density at radius 3 is 2.85 bits per heavy atom. The maximum absolute atomic E-state index is 12.1. The van der Waals surface area contributed by atoms with Crippen LogP contribution < -0.4 is 10.6 Å². The fraction of sp³-hybridized carbons (Fsp3) is 0.133. The highest BCUT2D eigenvalue weighted by molar-refractivity contribution is 9.10. The lowest BCUT2D eigenvalue weighted by atomic mass is 10.1. The molecule has 0 bridgehead atoms. The van der Waals surface area contributed by atoms with Gasteiger partial charge in [-0.25, -0.2) is 0 Å². The summed E-state index contributed by atoms with van der Waals surface area (Å²) in [5.74, 6) is -0.0579. The van der Waals surface area contributed by atoms with Crippen LogP contribution in [0.2, 0.25) is 5.02 Å². The molecule has 1 unspecified atom stereocenters. The molecule has 1 heterocycles. The topological polar surface area (TPSA) is 41.1 Å². The normalized spacial score (nSPS) is 16.8. The number of hydrogen-bond acceptors (Lipinski definition) is 2. The van der Waals surface area contributed by atoms with E-state index in [1.54, 1.807) is 0 Å². The molecule has 0 fully saturated rings. The van der Waals surface area contributed by atoms with Gasteiger partial charge in [0, 0.05) is 26.4 Å². The van der Waals surface area contributed by atoms with Crippen molar-refractivity contribution < 1.29 is 4.79 Å². The molecule has 0 spiro atoms. The van der Waals surface area contributed by atoms with Crippen molar-refractivity contribution in [2.24, 2.45) is 0 Å². The van der Waals surface area contributed by atoms with E-state index in [1.165, 1.54) is 0 Å². The van der Waals surface area contributed by atoms with Crippen LogP contribution in [0, 0.1) is 6.92 Å². The lowest BCUT2D eigenvalue weighted by Gasteiger charge is -2.15. The molecule has 2 N–H and O–H groups in total. The maximum atomic E-state index is 12.1. The molecule has 20 heavy (non-hydrogen) atoms. The van der Waals surface area contributed by atoms with Gasteiger partial charge in [0.1, 0.15) is 6.04 Å². The zero-order chi connectivity index (χ0) is 14.3. The Morgan fingerprint density at radius 2 is 2.05 bits per heavy atom. The molecular formula is C15H12BrClN2O. The van der Waals surface area contributed by atoms with Crippen molar-refractivity contribution >= 4 is 44.8 Å². The van der Waals surface area contributed by atoms with Gasteiger partial charge in [-0.1, -0.05) is 39.7 Å². The molecule has 1 amide bonds. The molecule has 5 heteroatoms. The van der Waals surface area contributed by atoms with Gasteiger partial charge in [0.25, 0.3) is 5.91 Å². The first-order chi connectivity index (χ1) is 9.54. The third kappa shape index (κ3) is 2.41. The lowest BCUT2D eigenvalue weighted by Crippen LogP contribution is -2.20. The van der Waals surface area contributed by atoms with E-state index in [0.29, 0.717) is 5.02 Å². The molecule has 1 aliphatic rings. The van der Waals surface area contributed by atoms with Gasteiger partial charge in [-0.2, -0.15) is 0 Å². The molecule has 0 radical (unpaired) electrons. The van der Waals surface area contributed by atoms with Crippen molar-refractivity contribution in [3.8, 4) is 0 Å². The Hall–Kier alpha value is -1.52. The van der Waals surface area contributed by atoms with Crippen molar-refractivity contribution in [3.05, 3.63) is 57.0 Å². The van der Waals surface area contributed by atoms with E-state index in [2.05, 4.69) is 26.6 Å². The maximum Gasteiger partial charge on any atom is 0.251 e. The Labute approximate surface area is 130 Å². The molecular weight excluding hydrogens is 340 g/mol. The van der Waals surface area contributed by atoms with Gasteiger partial charge in [0.2, 0.25) is 0 Å². The number of hydrogen-bond donors (Lipinski definition) is 2. The zero-order valence-corrected chi connectivity index (χ0v) is 13.0. The monoisotopic (exact) mass is 350 g/mol.